The van der Waals surface area contributed by atoms with Gasteiger partial charge in [-0.05, 0) is 18.4 Å². The maximum atomic E-state index is 12.6. The molecule has 1 unspecified atom stereocenters. The number of hydrogen-bond donors (Lipinski definition) is 1. The Kier molecular flexibility index (Phi) is 2.96. The summed E-state index contributed by atoms with van der Waals surface area (Å²) in [6.07, 6.45) is 7.22. The van der Waals surface area contributed by atoms with E-state index < -0.39 is 0 Å². The van der Waals surface area contributed by atoms with Gasteiger partial charge in [0.05, 0.1) is 17.9 Å². The molecule has 1 aromatic heterocycles. The first-order chi connectivity index (χ1) is 10.7. The van der Waals surface area contributed by atoms with E-state index in [0.717, 1.165) is 12.2 Å². The standard InChI is InChI=1S/C17H20N4O/c1-20-11-14(10-18-20)19-16(22)21-12-17(8-5-9-17)15(21)13-6-3-2-4-7-13/h2-4,6-7,10-11,15H,5,8-9,12H2,1H3,(H,19,22). The minimum Gasteiger partial charge on any atom is -0.316 e. The van der Waals surface area contributed by atoms with Crippen molar-refractivity contribution >= 4 is 11.7 Å². The van der Waals surface area contributed by atoms with Crippen LogP contribution < -0.4 is 5.32 Å². The van der Waals surface area contributed by atoms with E-state index in [4.69, 9.17) is 0 Å². The van der Waals surface area contributed by atoms with Crippen LogP contribution in [0.2, 0.25) is 0 Å². The van der Waals surface area contributed by atoms with Gasteiger partial charge in [0.1, 0.15) is 0 Å². The fourth-order valence-electron chi connectivity index (χ4n) is 3.84. The van der Waals surface area contributed by atoms with Crippen LogP contribution in [0, 0.1) is 5.41 Å². The van der Waals surface area contributed by atoms with Crippen LogP contribution in [0.1, 0.15) is 30.9 Å². The highest BCUT2D eigenvalue weighted by Crippen LogP contribution is 2.60. The van der Waals surface area contributed by atoms with E-state index in [0.29, 0.717) is 5.41 Å². The van der Waals surface area contributed by atoms with E-state index in [2.05, 4.69) is 34.7 Å². The molecule has 0 radical (unpaired) electrons. The second kappa shape index (κ2) is 4.87. The van der Waals surface area contributed by atoms with Crippen LogP contribution in [-0.4, -0.2) is 27.3 Å². The quantitative estimate of drug-likeness (QED) is 0.925. The molecular formula is C17H20N4O. The van der Waals surface area contributed by atoms with Gasteiger partial charge in [-0.2, -0.15) is 5.10 Å². The number of anilines is 1. The molecule has 1 aliphatic heterocycles. The fraction of sp³-hybridized carbons (Fsp3) is 0.412. The number of carbonyl (C=O) groups is 1. The molecule has 2 fully saturated rings. The molecule has 5 nitrogen and oxygen atoms in total. The number of rotatable bonds is 2. The van der Waals surface area contributed by atoms with Crippen LogP contribution in [-0.2, 0) is 7.05 Å². The van der Waals surface area contributed by atoms with Crippen molar-refractivity contribution in [3.05, 3.63) is 48.3 Å². The van der Waals surface area contributed by atoms with E-state index in [1.807, 2.05) is 24.2 Å². The molecule has 4 rings (SSSR count). The number of likely N-dealkylation sites (tertiary alicyclic amines) is 1. The fourth-order valence-corrected chi connectivity index (χ4v) is 3.84. The summed E-state index contributed by atoms with van der Waals surface area (Å²) in [5.74, 6) is 0. The number of urea groups is 1. The molecule has 1 saturated carbocycles. The predicted octanol–water partition coefficient (Wildman–Crippen LogP) is 3.18. The van der Waals surface area contributed by atoms with Gasteiger partial charge >= 0.3 is 6.03 Å². The Morgan fingerprint density at radius 1 is 1.32 bits per heavy atom. The monoisotopic (exact) mass is 296 g/mol. The molecule has 1 aliphatic carbocycles. The van der Waals surface area contributed by atoms with Crippen LogP contribution in [0.5, 0.6) is 0 Å². The average Bonchev–Trinajstić information content (AvgIpc) is 2.82. The molecule has 1 aromatic carbocycles. The number of carbonyl (C=O) groups excluding carboxylic acids is 1. The third-order valence-corrected chi connectivity index (χ3v) is 5.06. The van der Waals surface area contributed by atoms with Gasteiger partial charge in [0.15, 0.2) is 0 Å². The summed E-state index contributed by atoms with van der Waals surface area (Å²) in [5, 5.41) is 7.04. The van der Waals surface area contributed by atoms with Gasteiger partial charge in [-0.15, -0.1) is 0 Å². The summed E-state index contributed by atoms with van der Waals surface area (Å²) < 4.78 is 1.69. The Labute approximate surface area is 129 Å². The molecule has 0 bridgehead atoms. The molecule has 2 aliphatic rings. The van der Waals surface area contributed by atoms with Crippen molar-refractivity contribution in [3.8, 4) is 0 Å². The zero-order valence-corrected chi connectivity index (χ0v) is 12.7. The predicted molar refractivity (Wildman–Crippen MR) is 84.4 cm³/mol. The topological polar surface area (TPSA) is 50.2 Å². The Hall–Kier alpha value is -2.30. The zero-order chi connectivity index (χ0) is 15.2. The number of hydrogen-bond acceptors (Lipinski definition) is 2. The second-order valence-electron chi connectivity index (χ2n) is 6.49. The van der Waals surface area contributed by atoms with E-state index >= 15 is 0 Å². The first-order valence-corrected chi connectivity index (χ1v) is 7.79. The highest BCUT2D eigenvalue weighted by molar-refractivity contribution is 5.90. The molecule has 1 saturated heterocycles. The zero-order valence-electron chi connectivity index (χ0n) is 12.7. The van der Waals surface area contributed by atoms with Crippen molar-refractivity contribution in [1.29, 1.82) is 0 Å². The van der Waals surface area contributed by atoms with Crippen LogP contribution in [0.25, 0.3) is 0 Å². The number of nitrogens with zero attached hydrogens (tertiary/aromatic N) is 3. The maximum Gasteiger partial charge on any atom is 0.322 e. The Bertz CT molecular complexity index is 690. The lowest BCUT2D eigenvalue weighted by molar-refractivity contribution is -0.0970. The molecule has 2 aromatic rings. The number of amides is 2. The van der Waals surface area contributed by atoms with Crippen molar-refractivity contribution in [1.82, 2.24) is 14.7 Å². The van der Waals surface area contributed by atoms with Crippen molar-refractivity contribution < 1.29 is 4.79 Å². The van der Waals surface area contributed by atoms with Gasteiger partial charge in [-0.3, -0.25) is 4.68 Å². The minimum atomic E-state index is -0.0284. The Balaban J connectivity index is 1.55. The van der Waals surface area contributed by atoms with Gasteiger partial charge < -0.3 is 10.2 Å². The molecule has 1 spiro atoms. The van der Waals surface area contributed by atoms with Crippen LogP contribution in [0.3, 0.4) is 0 Å². The summed E-state index contributed by atoms with van der Waals surface area (Å²) in [7, 11) is 1.84. The lowest BCUT2D eigenvalue weighted by Gasteiger charge is -2.62. The SMILES string of the molecule is Cn1cc(NC(=O)N2CC3(CCC3)C2c2ccccc2)cn1. The summed E-state index contributed by atoms with van der Waals surface area (Å²) in [5.41, 5.74) is 2.30. The van der Waals surface area contributed by atoms with Crippen LogP contribution >= 0.6 is 0 Å². The highest BCUT2D eigenvalue weighted by atomic mass is 16.2. The Morgan fingerprint density at radius 3 is 2.68 bits per heavy atom. The maximum absolute atomic E-state index is 12.6. The van der Waals surface area contributed by atoms with Crippen LogP contribution in [0.4, 0.5) is 10.5 Å². The molecule has 114 valence electrons. The lowest BCUT2D eigenvalue weighted by atomic mass is 9.56. The lowest BCUT2D eigenvalue weighted by Crippen LogP contribution is -2.64. The van der Waals surface area contributed by atoms with Gasteiger partial charge in [-0.1, -0.05) is 36.8 Å². The van der Waals surface area contributed by atoms with Gasteiger partial charge in [0, 0.05) is 25.2 Å². The van der Waals surface area contributed by atoms with E-state index in [-0.39, 0.29) is 12.1 Å². The molecule has 1 atom stereocenters. The third kappa shape index (κ3) is 2.00. The van der Waals surface area contributed by atoms with E-state index in [1.54, 1.807) is 10.9 Å². The molecule has 2 amide bonds. The molecular weight excluding hydrogens is 276 g/mol. The van der Waals surface area contributed by atoms with E-state index in [9.17, 15) is 4.79 Å². The van der Waals surface area contributed by atoms with Gasteiger partial charge in [0.2, 0.25) is 0 Å². The number of benzene rings is 1. The first kappa shape index (κ1) is 13.4. The molecule has 22 heavy (non-hydrogen) atoms. The number of aromatic nitrogens is 2. The highest BCUT2D eigenvalue weighted by Gasteiger charge is 2.57. The van der Waals surface area contributed by atoms with Crippen LogP contribution in [0.15, 0.2) is 42.7 Å². The summed E-state index contributed by atoms with van der Waals surface area (Å²) >= 11 is 0. The molecule has 1 N–H and O–H groups in total. The number of aryl methyl sites for hydroxylation is 1. The van der Waals surface area contributed by atoms with Gasteiger partial charge in [0.25, 0.3) is 0 Å². The summed E-state index contributed by atoms with van der Waals surface area (Å²) in [6.45, 7) is 0.860. The van der Waals surface area contributed by atoms with Crippen molar-refractivity contribution in [3.63, 3.8) is 0 Å². The van der Waals surface area contributed by atoms with Gasteiger partial charge in [-0.25, -0.2) is 4.79 Å². The smallest absolute Gasteiger partial charge is 0.316 e. The average molecular weight is 296 g/mol. The molecule has 2 heterocycles. The largest absolute Gasteiger partial charge is 0.322 e. The number of nitrogens with one attached hydrogen (secondary N) is 1. The normalized spacial score (nSPS) is 22.0. The van der Waals surface area contributed by atoms with Crippen molar-refractivity contribution in [2.75, 3.05) is 11.9 Å². The second-order valence-corrected chi connectivity index (χ2v) is 6.49. The first-order valence-electron chi connectivity index (χ1n) is 7.79. The molecule has 5 heteroatoms. The Morgan fingerprint density at radius 2 is 2.09 bits per heavy atom. The summed E-state index contributed by atoms with van der Waals surface area (Å²) in [4.78, 5) is 14.6. The third-order valence-electron chi connectivity index (χ3n) is 5.06. The minimum absolute atomic E-state index is 0.0284. The summed E-state index contributed by atoms with van der Waals surface area (Å²) in [6, 6.07) is 10.6. The van der Waals surface area contributed by atoms with Crippen molar-refractivity contribution in [2.45, 2.75) is 25.3 Å². The van der Waals surface area contributed by atoms with Crippen molar-refractivity contribution in [2.24, 2.45) is 12.5 Å². The van der Waals surface area contributed by atoms with E-state index in [1.165, 1.54) is 24.8 Å².